The van der Waals surface area contributed by atoms with Crippen LogP contribution in [0.2, 0.25) is 0 Å². The number of carbonyl (C=O) groups excluding carboxylic acids is 4. The van der Waals surface area contributed by atoms with Gasteiger partial charge in [0.15, 0.2) is 0 Å². The Labute approximate surface area is 132 Å². The minimum atomic E-state index is -0.821. The van der Waals surface area contributed by atoms with E-state index in [9.17, 15) is 19.2 Å². The fourth-order valence-electron chi connectivity index (χ4n) is 2.12. The predicted molar refractivity (Wildman–Crippen MR) is 80.6 cm³/mol. The van der Waals surface area contributed by atoms with Crippen molar-refractivity contribution in [2.75, 3.05) is 19.0 Å². The average Bonchev–Trinajstić information content (AvgIpc) is 2.67. The van der Waals surface area contributed by atoms with E-state index >= 15 is 0 Å². The van der Waals surface area contributed by atoms with Gasteiger partial charge in [0, 0.05) is 6.42 Å². The lowest BCUT2D eigenvalue weighted by Crippen LogP contribution is -2.42. The van der Waals surface area contributed by atoms with E-state index in [4.69, 9.17) is 0 Å². The number of hydrogen-bond acceptors (Lipinski definition) is 5. The second-order valence-corrected chi connectivity index (χ2v) is 4.95. The summed E-state index contributed by atoms with van der Waals surface area (Å²) >= 11 is 0. The lowest BCUT2D eigenvalue weighted by Gasteiger charge is -2.14. The highest BCUT2D eigenvalue weighted by atomic mass is 16.5. The molecule has 0 saturated carbocycles. The lowest BCUT2D eigenvalue weighted by molar-refractivity contribution is -0.141. The summed E-state index contributed by atoms with van der Waals surface area (Å²) in [6.07, 6.45) is 0.115. The third-order valence-corrected chi connectivity index (χ3v) is 3.37. The van der Waals surface area contributed by atoms with E-state index in [0.29, 0.717) is 11.3 Å². The highest BCUT2D eigenvalue weighted by Crippen LogP contribution is 2.19. The van der Waals surface area contributed by atoms with Gasteiger partial charge in [-0.25, -0.2) is 0 Å². The number of hydrogen-bond donors (Lipinski definition) is 3. The molecule has 0 fully saturated rings. The Balaban J connectivity index is 1.92. The van der Waals surface area contributed by atoms with Crippen LogP contribution in [0.1, 0.15) is 23.2 Å². The maximum Gasteiger partial charge on any atom is 0.325 e. The van der Waals surface area contributed by atoms with Gasteiger partial charge in [0.05, 0.1) is 18.4 Å². The Kier molecular flexibility index (Phi) is 5.29. The molecular weight excluding hydrogens is 302 g/mol. The molecule has 1 aromatic carbocycles. The van der Waals surface area contributed by atoms with E-state index in [1.165, 1.54) is 7.11 Å². The summed E-state index contributed by atoms with van der Waals surface area (Å²) in [5.74, 6) is -1.73. The fraction of sp³-hybridized carbons (Fsp3) is 0.333. The number of esters is 1. The van der Waals surface area contributed by atoms with Gasteiger partial charge in [0.1, 0.15) is 12.6 Å². The molecule has 0 spiro atoms. The number of fused-ring (bicyclic) bond motifs is 1. The van der Waals surface area contributed by atoms with Crippen molar-refractivity contribution in [1.29, 1.82) is 0 Å². The number of carbonyl (C=O) groups is 4. The summed E-state index contributed by atoms with van der Waals surface area (Å²) in [5, 5.41) is 7.63. The van der Waals surface area contributed by atoms with Crippen molar-refractivity contribution < 1.29 is 23.9 Å². The molecule has 8 nitrogen and oxygen atoms in total. The van der Waals surface area contributed by atoms with Gasteiger partial charge in [0.2, 0.25) is 11.8 Å². The second kappa shape index (κ2) is 7.39. The van der Waals surface area contributed by atoms with Crippen molar-refractivity contribution >= 4 is 29.4 Å². The molecule has 0 radical (unpaired) electrons. The molecule has 0 saturated heterocycles. The van der Waals surface area contributed by atoms with Gasteiger partial charge in [-0.05, 0) is 18.6 Å². The number of ether oxygens (including phenoxy) is 1. The standard InChI is InChI=1S/C15H17N3O5/c1-23-13(20)8-16-12(19)7-6-11-15(22)17-10-5-3-2-4-9(10)14(21)18-11/h2-5,11H,6-8H2,1H3,(H,16,19)(H,17,22)(H,18,21)/t11-/m1/s1. The van der Waals surface area contributed by atoms with Crippen LogP contribution in [0.25, 0.3) is 0 Å². The summed E-state index contributed by atoms with van der Waals surface area (Å²) in [4.78, 5) is 46.8. The highest BCUT2D eigenvalue weighted by Gasteiger charge is 2.27. The van der Waals surface area contributed by atoms with E-state index in [1.807, 2.05) is 0 Å². The van der Waals surface area contributed by atoms with E-state index in [1.54, 1.807) is 24.3 Å². The number of benzene rings is 1. The van der Waals surface area contributed by atoms with Crippen molar-refractivity contribution in [1.82, 2.24) is 10.6 Å². The largest absolute Gasteiger partial charge is 0.468 e. The molecule has 23 heavy (non-hydrogen) atoms. The molecule has 1 heterocycles. The number of amides is 3. The van der Waals surface area contributed by atoms with Gasteiger partial charge < -0.3 is 20.7 Å². The Bertz CT molecular complexity index is 644. The van der Waals surface area contributed by atoms with Gasteiger partial charge in [-0.3, -0.25) is 19.2 Å². The summed E-state index contributed by atoms with van der Waals surface area (Å²) in [7, 11) is 1.22. The van der Waals surface area contributed by atoms with Crippen LogP contribution < -0.4 is 16.0 Å². The maximum absolute atomic E-state index is 12.1. The quantitative estimate of drug-likeness (QED) is 0.651. The van der Waals surface area contributed by atoms with E-state index in [2.05, 4.69) is 20.7 Å². The molecule has 0 unspecified atom stereocenters. The molecule has 1 aliphatic rings. The number of nitrogens with one attached hydrogen (secondary N) is 3. The zero-order valence-electron chi connectivity index (χ0n) is 12.5. The zero-order valence-corrected chi connectivity index (χ0v) is 12.5. The molecule has 1 aromatic rings. The minimum absolute atomic E-state index is 0.00823. The average molecular weight is 319 g/mol. The molecule has 0 aromatic heterocycles. The molecule has 122 valence electrons. The van der Waals surface area contributed by atoms with Crippen LogP contribution >= 0.6 is 0 Å². The van der Waals surface area contributed by atoms with Crippen molar-refractivity contribution in [2.24, 2.45) is 0 Å². The van der Waals surface area contributed by atoms with Crippen LogP contribution in [0, 0.1) is 0 Å². The van der Waals surface area contributed by atoms with E-state index < -0.39 is 17.9 Å². The summed E-state index contributed by atoms with van der Waals surface area (Å²) in [5.41, 5.74) is 0.811. The lowest BCUT2D eigenvalue weighted by atomic mass is 10.1. The van der Waals surface area contributed by atoms with Gasteiger partial charge in [-0.2, -0.15) is 0 Å². The monoisotopic (exact) mass is 319 g/mol. The Morgan fingerprint density at radius 2 is 2.00 bits per heavy atom. The van der Waals surface area contributed by atoms with Gasteiger partial charge in [0.25, 0.3) is 5.91 Å². The molecule has 0 aliphatic carbocycles. The molecule has 1 atom stereocenters. The molecule has 2 rings (SSSR count). The van der Waals surface area contributed by atoms with Crippen LogP contribution in [-0.4, -0.2) is 43.4 Å². The normalized spacial score (nSPS) is 16.5. The van der Waals surface area contributed by atoms with Crippen LogP contribution in [-0.2, 0) is 19.1 Å². The van der Waals surface area contributed by atoms with Crippen LogP contribution in [0.4, 0.5) is 5.69 Å². The van der Waals surface area contributed by atoms with Crippen LogP contribution in [0.5, 0.6) is 0 Å². The molecule has 8 heteroatoms. The number of methoxy groups -OCH3 is 1. The Hall–Kier alpha value is -2.90. The maximum atomic E-state index is 12.1. The Morgan fingerprint density at radius 1 is 1.26 bits per heavy atom. The van der Waals surface area contributed by atoms with Crippen LogP contribution in [0.15, 0.2) is 24.3 Å². The fourth-order valence-corrected chi connectivity index (χ4v) is 2.12. The molecule has 3 amide bonds. The zero-order chi connectivity index (χ0) is 16.8. The molecule has 1 aliphatic heterocycles. The minimum Gasteiger partial charge on any atom is -0.468 e. The molecular formula is C15H17N3O5. The highest BCUT2D eigenvalue weighted by molar-refractivity contribution is 6.09. The predicted octanol–water partition coefficient (Wildman–Crippen LogP) is -0.193. The van der Waals surface area contributed by atoms with Gasteiger partial charge in [-0.15, -0.1) is 0 Å². The molecule has 0 bridgehead atoms. The van der Waals surface area contributed by atoms with Gasteiger partial charge in [-0.1, -0.05) is 12.1 Å². The van der Waals surface area contributed by atoms with Crippen molar-refractivity contribution in [3.8, 4) is 0 Å². The molecule has 3 N–H and O–H groups in total. The number of para-hydroxylation sites is 1. The summed E-state index contributed by atoms with van der Waals surface area (Å²) < 4.78 is 4.40. The SMILES string of the molecule is COC(=O)CNC(=O)CC[C@H]1NC(=O)c2ccccc2NC1=O. The van der Waals surface area contributed by atoms with Gasteiger partial charge >= 0.3 is 5.97 Å². The van der Waals surface area contributed by atoms with Crippen molar-refractivity contribution in [2.45, 2.75) is 18.9 Å². The first-order valence-corrected chi connectivity index (χ1v) is 7.05. The smallest absolute Gasteiger partial charge is 0.325 e. The third kappa shape index (κ3) is 4.29. The number of anilines is 1. The Morgan fingerprint density at radius 3 is 2.74 bits per heavy atom. The number of rotatable bonds is 5. The van der Waals surface area contributed by atoms with Crippen LogP contribution in [0.3, 0.4) is 0 Å². The topological polar surface area (TPSA) is 114 Å². The van der Waals surface area contributed by atoms with E-state index in [-0.39, 0.29) is 31.2 Å². The third-order valence-electron chi connectivity index (χ3n) is 3.37. The van der Waals surface area contributed by atoms with Crippen molar-refractivity contribution in [3.05, 3.63) is 29.8 Å². The van der Waals surface area contributed by atoms with E-state index in [0.717, 1.165) is 0 Å². The summed E-state index contributed by atoms with van der Waals surface area (Å²) in [6.45, 7) is -0.232. The van der Waals surface area contributed by atoms with Crippen molar-refractivity contribution in [3.63, 3.8) is 0 Å². The summed E-state index contributed by atoms with van der Waals surface area (Å²) in [6, 6.07) is 5.84. The first kappa shape index (κ1) is 16.5. The second-order valence-electron chi connectivity index (χ2n) is 4.95. The first-order valence-electron chi connectivity index (χ1n) is 7.05. The first-order chi connectivity index (χ1) is 11.0.